The molecule has 3 atom stereocenters. The number of ether oxygens (including phenoxy) is 5. The minimum Gasteiger partial charge on any atom is -0.507 e. The van der Waals surface area contributed by atoms with E-state index in [2.05, 4.69) is 10.3 Å². The molecule has 0 bridgehead atoms. The predicted octanol–water partition coefficient (Wildman–Crippen LogP) is 5.83. The molecule has 1 spiro atoms. The van der Waals surface area contributed by atoms with E-state index in [1.165, 1.54) is 20.3 Å². The van der Waals surface area contributed by atoms with E-state index >= 15 is 0 Å². The fourth-order valence-electron chi connectivity index (χ4n) is 6.99. The van der Waals surface area contributed by atoms with E-state index in [0.29, 0.717) is 30.0 Å². The number of halogens is 1. The van der Waals surface area contributed by atoms with Gasteiger partial charge in [0, 0.05) is 60.0 Å². The average Bonchev–Trinajstić information content (AvgIpc) is 3.80. The van der Waals surface area contributed by atoms with Crippen LogP contribution in [0.4, 0.5) is 0 Å². The van der Waals surface area contributed by atoms with Crippen LogP contribution in [0, 0.1) is 5.92 Å². The summed E-state index contributed by atoms with van der Waals surface area (Å²) >= 11 is 6.61. The van der Waals surface area contributed by atoms with Gasteiger partial charge in [-0.2, -0.15) is 0 Å². The van der Waals surface area contributed by atoms with Gasteiger partial charge in [-0.25, -0.2) is 0 Å². The smallest absolute Gasteiger partial charge is 0.231 e. The van der Waals surface area contributed by atoms with Gasteiger partial charge in [0.25, 0.3) is 0 Å². The molecule has 3 aromatic carbocycles. The van der Waals surface area contributed by atoms with Crippen LogP contribution in [0.5, 0.6) is 28.7 Å². The van der Waals surface area contributed by atoms with Gasteiger partial charge in [-0.3, -0.25) is 14.4 Å². The highest BCUT2D eigenvalue weighted by Gasteiger charge is 2.61. The third kappa shape index (κ3) is 4.92. The topological polar surface area (TPSA) is 145 Å². The third-order valence-electron chi connectivity index (χ3n) is 9.44. The fraction of sp³-hybridized carbons (Fsp3) is 0.306. The van der Waals surface area contributed by atoms with Crippen LogP contribution < -0.4 is 29.0 Å². The van der Waals surface area contributed by atoms with E-state index in [4.69, 9.17) is 35.3 Å². The van der Waals surface area contributed by atoms with Crippen molar-refractivity contribution in [3.63, 3.8) is 0 Å². The Hall–Kier alpha value is -5.16. The van der Waals surface area contributed by atoms with Crippen LogP contribution in [-0.2, 0) is 16.0 Å². The van der Waals surface area contributed by atoms with Crippen molar-refractivity contribution >= 4 is 40.0 Å². The number of aliphatic hydroxyl groups excluding tert-OH is 1. The van der Waals surface area contributed by atoms with Gasteiger partial charge in [0.05, 0.1) is 14.2 Å². The van der Waals surface area contributed by atoms with Gasteiger partial charge in [0.2, 0.25) is 24.1 Å². The Kier molecular flexibility index (Phi) is 7.95. The quantitative estimate of drug-likeness (QED) is 0.200. The number of aliphatic hydroxyl groups is 1. The van der Waals surface area contributed by atoms with Gasteiger partial charge in [0.1, 0.15) is 22.1 Å². The van der Waals surface area contributed by atoms with Crippen LogP contribution >= 0.6 is 11.6 Å². The molecule has 1 aromatic heterocycles. The Labute approximate surface area is 280 Å². The molecule has 1 aliphatic carbocycles. The number of H-pyrrole nitrogens is 1. The van der Waals surface area contributed by atoms with Gasteiger partial charge in [-0.05, 0) is 35.7 Å². The molecule has 11 nitrogen and oxygen atoms in total. The van der Waals surface area contributed by atoms with E-state index in [9.17, 15) is 19.5 Å². The molecular formula is C36H33ClN2O9. The summed E-state index contributed by atoms with van der Waals surface area (Å²) in [5.74, 6) is -2.40. The van der Waals surface area contributed by atoms with E-state index < -0.39 is 34.8 Å². The number of carbonyl (C=O) groups excluding carboxylic acids is 3. The number of Topliss-reactive ketones (excluding diaryl/α,β-unsaturated/α-hetero) is 2. The molecule has 2 aliphatic heterocycles. The number of methoxy groups -OCH3 is 2. The van der Waals surface area contributed by atoms with E-state index in [-0.39, 0.29) is 58.9 Å². The summed E-state index contributed by atoms with van der Waals surface area (Å²) < 4.78 is 28.3. The summed E-state index contributed by atoms with van der Waals surface area (Å²) in [4.78, 5) is 45.1. The number of benzene rings is 3. The lowest BCUT2D eigenvalue weighted by Gasteiger charge is -2.38. The number of ketones is 2. The highest BCUT2D eigenvalue weighted by molar-refractivity contribution is 6.35. The molecule has 0 saturated carbocycles. The molecule has 48 heavy (non-hydrogen) atoms. The highest BCUT2D eigenvalue weighted by Crippen LogP contribution is 2.56. The summed E-state index contributed by atoms with van der Waals surface area (Å²) in [7, 11) is 2.81. The van der Waals surface area contributed by atoms with Crippen molar-refractivity contribution < 1.29 is 43.2 Å². The van der Waals surface area contributed by atoms with Crippen molar-refractivity contribution in [1.82, 2.24) is 10.3 Å². The summed E-state index contributed by atoms with van der Waals surface area (Å²) in [6, 6.07) is 14.5. The SMILES string of the molecule is COc1cc(OC)c2c(c1Cl)OC1(C2=O)C(O)=C(C(CC(=O)NCCc2c[nH]c3ccccc23)c2ccc3c(c2)OCO3)C(=O)CC1C. The fourth-order valence-corrected chi connectivity index (χ4v) is 7.25. The van der Waals surface area contributed by atoms with Crippen LogP contribution in [0.25, 0.3) is 10.9 Å². The molecular weight excluding hydrogens is 640 g/mol. The zero-order valence-electron chi connectivity index (χ0n) is 26.5. The van der Waals surface area contributed by atoms with Gasteiger partial charge < -0.3 is 39.1 Å². The van der Waals surface area contributed by atoms with Crippen molar-refractivity contribution in [2.24, 2.45) is 5.92 Å². The Morgan fingerprint density at radius 1 is 1.10 bits per heavy atom. The van der Waals surface area contributed by atoms with Crippen LogP contribution in [0.2, 0.25) is 5.02 Å². The normalized spacial score (nSPS) is 20.2. The maximum absolute atomic E-state index is 14.3. The van der Waals surface area contributed by atoms with Gasteiger partial charge in [-0.1, -0.05) is 42.8 Å². The number of amides is 1. The minimum absolute atomic E-state index is 0.0142. The first kappa shape index (κ1) is 31.4. The van der Waals surface area contributed by atoms with Gasteiger partial charge in [-0.15, -0.1) is 0 Å². The molecule has 3 aliphatic rings. The lowest BCUT2D eigenvalue weighted by molar-refractivity contribution is -0.121. The highest BCUT2D eigenvalue weighted by atomic mass is 35.5. The van der Waals surface area contributed by atoms with E-state index in [1.807, 2.05) is 30.5 Å². The van der Waals surface area contributed by atoms with E-state index in [1.54, 1.807) is 25.1 Å². The summed E-state index contributed by atoms with van der Waals surface area (Å²) in [5.41, 5.74) is 0.526. The molecule has 3 N–H and O–H groups in total. The molecule has 3 heterocycles. The number of hydrogen-bond acceptors (Lipinski definition) is 9. The number of para-hydroxylation sites is 1. The van der Waals surface area contributed by atoms with Crippen LogP contribution in [-0.4, -0.2) is 60.7 Å². The monoisotopic (exact) mass is 672 g/mol. The molecule has 0 fully saturated rings. The Balaban J connectivity index is 1.26. The lowest BCUT2D eigenvalue weighted by Crippen LogP contribution is -2.53. The Morgan fingerprint density at radius 2 is 1.88 bits per heavy atom. The molecule has 4 aromatic rings. The third-order valence-corrected chi connectivity index (χ3v) is 9.80. The van der Waals surface area contributed by atoms with Crippen molar-refractivity contribution in [2.75, 3.05) is 27.6 Å². The first-order valence-electron chi connectivity index (χ1n) is 15.5. The lowest BCUT2D eigenvalue weighted by atomic mass is 9.69. The number of rotatable bonds is 9. The number of nitrogens with one attached hydrogen (secondary N) is 2. The molecule has 3 unspecified atom stereocenters. The maximum Gasteiger partial charge on any atom is 0.231 e. The number of carbonyl (C=O) groups is 3. The van der Waals surface area contributed by atoms with Crippen LogP contribution in [0.3, 0.4) is 0 Å². The summed E-state index contributed by atoms with van der Waals surface area (Å²) in [5, 5.41) is 16.2. The standard InChI is InChI=1S/C36H33ClN2O9/c1-18-12-24(40)30(34(42)36(18)35(43)31-27(44-2)15-28(45-3)32(37)33(31)48-36)22(19-8-9-25-26(13-19)47-17-46-25)14-29(41)38-11-10-20-16-39-23-7-5-4-6-21(20)23/h4-9,13,15-16,18,22,39,42H,10-12,14,17H2,1-3H3,(H,38,41). The molecule has 0 radical (unpaired) electrons. The van der Waals surface area contributed by atoms with E-state index in [0.717, 1.165) is 16.5 Å². The summed E-state index contributed by atoms with van der Waals surface area (Å²) in [6.45, 7) is 2.02. The molecule has 1 amide bonds. The molecule has 248 valence electrons. The second-order valence-corrected chi connectivity index (χ2v) is 12.5. The van der Waals surface area contributed by atoms with Crippen molar-refractivity contribution in [2.45, 2.75) is 37.7 Å². The average molecular weight is 673 g/mol. The summed E-state index contributed by atoms with van der Waals surface area (Å²) in [6.07, 6.45) is 2.15. The maximum atomic E-state index is 14.3. The van der Waals surface area contributed by atoms with Crippen LogP contribution in [0.1, 0.15) is 47.2 Å². The molecule has 0 saturated heterocycles. The van der Waals surface area contributed by atoms with Gasteiger partial charge >= 0.3 is 0 Å². The number of aromatic amines is 1. The first-order chi connectivity index (χ1) is 23.2. The minimum atomic E-state index is -1.99. The first-order valence-corrected chi connectivity index (χ1v) is 15.9. The zero-order chi connectivity index (χ0) is 33.7. The number of aromatic nitrogens is 1. The Bertz CT molecular complexity index is 2020. The molecule has 12 heteroatoms. The Morgan fingerprint density at radius 3 is 2.67 bits per heavy atom. The van der Waals surface area contributed by atoms with Crippen molar-refractivity contribution in [1.29, 1.82) is 0 Å². The largest absolute Gasteiger partial charge is 0.507 e. The molecule has 7 rings (SSSR count). The van der Waals surface area contributed by atoms with Crippen LogP contribution in [0.15, 0.2) is 66.1 Å². The zero-order valence-corrected chi connectivity index (χ0v) is 27.2. The number of allylic oxidation sites excluding steroid dienone is 1. The second kappa shape index (κ2) is 12.1. The second-order valence-electron chi connectivity index (χ2n) is 12.1. The number of fused-ring (bicyclic) bond motifs is 3. The van der Waals surface area contributed by atoms with Crippen molar-refractivity contribution in [3.8, 4) is 28.7 Å². The predicted molar refractivity (Wildman–Crippen MR) is 176 cm³/mol. The van der Waals surface area contributed by atoms with Gasteiger partial charge in [0.15, 0.2) is 28.8 Å². The number of hydrogen-bond donors (Lipinski definition) is 3. The van der Waals surface area contributed by atoms with Crippen molar-refractivity contribution in [3.05, 3.63) is 87.8 Å².